The lowest BCUT2D eigenvalue weighted by Gasteiger charge is -2.29. The van der Waals surface area contributed by atoms with E-state index in [1.165, 1.54) is 10.9 Å². The molecule has 0 amide bonds. The predicted octanol–water partition coefficient (Wildman–Crippen LogP) is -3.58. The van der Waals surface area contributed by atoms with E-state index in [9.17, 15) is 33.9 Å². The Kier molecular flexibility index (Phi) is 5.49. The van der Waals surface area contributed by atoms with E-state index in [4.69, 9.17) is 10.5 Å². The number of hydrogen-bond acceptors (Lipinski definition) is 12. The highest BCUT2D eigenvalue weighted by atomic mass is 31.3. The van der Waals surface area contributed by atoms with Gasteiger partial charge in [-0.15, -0.1) is 0 Å². The molecule has 6 N–H and O–H groups in total. The average Bonchev–Trinajstić information content (AvgIpc) is 3.06. The molecule has 15 nitrogen and oxygen atoms in total. The number of ether oxygens (including phenoxy) is 1. The van der Waals surface area contributed by atoms with E-state index >= 15 is 0 Å². The zero-order valence-corrected chi connectivity index (χ0v) is 15.9. The van der Waals surface area contributed by atoms with Gasteiger partial charge in [0.1, 0.15) is 25.9 Å². The van der Waals surface area contributed by atoms with Crippen molar-refractivity contribution in [3.05, 3.63) is 16.7 Å². The lowest BCUT2D eigenvalue weighted by atomic mass is 10.1. The summed E-state index contributed by atoms with van der Waals surface area (Å²) < 4.78 is 37.2. The molecule has 1 saturated heterocycles. The minimum atomic E-state index is -5.23. The van der Waals surface area contributed by atoms with Crippen molar-refractivity contribution in [2.45, 2.75) is 24.5 Å². The number of nitrogen functional groups attached to an aromatic ring is 1. The van der Waals surface area contributed by atoms with Crippen LogP contribution in [0.25, 0.3) is 11.2 Å². The fourth-order valence-electron chi connectivity index (χ4n) is 2.65. The number of anilines is 1. The molecular formula is C11H16N5O10P2-. The van der Waals surface area contributed by atoms with Crippen LogP contribution in [-0.2, 0) is 22.7 Å². The summed E-state index contributed by atoms with van der Waals surface area (Å²) in [5.74, 6) is -0.204. The second kappa shape index (κ2) is 7.30. The predicted molar refractivity (Wildman–Crippen MR) is 85.4 cm³/mol. The topological polar surface area (TPSA) is 240 Å². The van der Waals surface area contributed by atoms with Crippen LogP contribution in [0.3, 0.4) is 0 Å². The maximum Gasteiger partial charge on any atom is 0.313 e. The van der Waals surface area contributed by atoms with E-state index in [0.717, 1.165) is 0 Å². The highest BCUT2D eigenvalue weighted by Gasteiger charge is 2.47. The number of aromatic nitrogens is 4. The van der Waals surface area contributed by atoms with E-state index in [1.54, 1.807) is 0 Å². The zero-order valence-electron chi connectivity index (χ0n) is 14.1. The second-order valence-corrected chi connectivity index (χ2v) is 9.32. The number of imidazole rings is 1. The molecule has 2 aromatic heterocycles. The molecule has 0 bridgehead atoms. The Bertz CT molecular complexity index is 1030. The smallest absolute Gasteiger partial charge is 0.313 e. The third-order valence-corrected chi connectivity index (χ3v) is 6.22. The van der Waals surface area contributed by atoms with Crippen molar-refractivity contribution < 1.29 is 47.3 Å². The van der Waals surface area contributed by atoms with Crippen LogP contribution in [0, 0.1) is 0 Å². The summed E-state index contributed by atoms with van der Waals surface area (Å²) in [6, 6.07) is 0. The van der Waals surface area contributed by atoms with Gasteiger partial charge in [0.05, 0.1) is 6.61 Å². The van der Waals surface area contributed by atoms with Gasteiger partial charge >= 0.3 is 5.65 Å². The third kappa shape index (κ3) is 4.33. The minimum absolute atomic E-state index is 0.00942. The van der Waals surface area contributed by atoms with Crippen molar-refractivity contribution >= 4 is 32.5 Å². The van der Waals surface area contributed by atoms with Crippen LogP contribution in [-0.4, -0.2) is 56.7 Å². The van der Waals surface area contributed by atoms with Crippen molar-refractivity contribution in [2.24, 2.45) is 0 Å². The second-order valence-electron chi connectivity index (χ2n) is 5.97. The highest BCUT2D eigenvalue weighted by molar-refractivity contribution is 7.62. The van der Waals surface area contributed by atoms with Crippen molar-refractivity contribution in [3.8, 4) is 0 Å². The number of nitrogens with two attached hydrogens (primary N) is 1. The Labute approximate surface area is 155 Å². The number of phosphoric acid groups is 1. The van der Waals surface area contributed by atoms with Gasteiger partial charge in [-0.2, -0.15) is 0 Å². The molecule has 2 aromatic rings. The maximum atomic E-state index is 11.8. The monoisotopic (exact) mass is 440 g/mol. The summed E-state index contributed by atoms with van der Waals surface area (Å²) in [5.41, 5.74) is 4.94. The van der Waals surface area contributed by atoms with Crippen LogP contribution in [0.4, 0.5) is 5.95 Å². The summed E-state index contributed by atoms with van der Waals surface area (Å²) in [5, 5.41) is 20.3. The van der Waals surface area contributed by atoms with Crippen LogP contribution < -0.4 is 25.6 Å². The molecule has 0 saturated carbocycles. The molecular weight excluding hydrogens is 424 g/mol. The molecule has 0 radical (unpaired) electrons. The Morgan fingerprint density at radius 2 is 2.07 bits per heavy atom. The number of aromatic amines is 2. The molecule has 28 heavy (non-hydrogen) atoms. The molecule has 3 rings (SSSR count). The van der Waals surface area contributed by atoms with Gasteiger partial charge in [-0.3, -0.25) is 23.6 Å². The first-order valence-electron chi connectivity index (χ1n) is 7.63. The standard InChI is InChI=1S/C11H17N5O10P2/c1-27(20,21)26-28(22,23)24-2-4-6(17)7(18)10(25-4)16-3-13-5-8(16)14-11(12)15-9(5)19/h3-4,6-7,10,17-18H,2H2,1H3,(H5,12,14,15,19,20,21,22,23)/p-1/t4-,6?,7+,10-/m1/s1. The van der Waals surface area contributed by atoms with Gasteiger partial charge in [0.25, 0.3) is 19.3 Å². The highest BCUT2D eigenvalue weighted by Crippen LogP contribution is 2.53. The average molecular weight is 440 g/mol. The Morgan fingerprint density at radius 1 is 1.39 bits per heavy atom. The molecule has 0 aliphatic carbocycles. The van der Waals surface area contributed by atoms with Crippen LogP contribution in [0.5, 0.6) is 0 Å². The maximum absolute atomic E-state index is 11.8. The van der Waals surface area contributed by atoms with Crippen LogP contribution in [0.15, 0.2) is 11.1 Å². The van der Waals surface area contributed by atoms with Gasteiger partial charge in [-0.1, -0.05) is 4.98 Å². The molecule has 1 aliphatic rings. The first-order valence-corrected chi connectivity index (χ1v) is 11.1. The molecule has 17 heteroatoms. The molecule has 6 atom stereocenters. The zero-order chi connectivity index (χ0) is 20.9. The summed E-state index contributed by atoms with van der Waals surface area (Å²) >= 11 is 0. The number of hydrogen-bond donors (Lipinski definition) is 5. The molecule has 156 valence electrons. The van der Waals surface area contributed by atoms with E-state index in [0.29, 0.717) is 6.66 Å². The number of aliphatic hydroxyl groups is 2. The van der Waals surface area contributed by atoms with Crippen molar-refractivity contribution in [1.82, 2.24) is 15.0 Å². The largest absolute Gasteiger partial charge is 0.778 e. The summed E-state index contributed by atoms with van der Waals surface area (Å²) in [7, 11) is -9.86. The Hall–Kier alpha value is -1.67. The lowest BCUT2D eigenvalue weighted by molar-refractivity contribution is -0.745. The fourth-order valence-corrected chi connectivity index (χ4v) is 4.62. The Morgan fingerprint density at radius 3 is 2.71 bits per heavy atom. The molecule has 1 fully saturated rings. The molecule has 3 heterocycles. The van der Waals surface area contributed by atoms with E-state index in [2.05, 4.69) is 23.8 Å². The summed E-state index contributed by atoms with van der Waals surface area (Å²) in [6.07, 6.45) is -4.59. The SMILES string of the molecule is CP(=O)([O-])OP(=O)([O-])OC[C@H]1O[C@@H]([n+]2c[nH]c3c(=O)[nH]c(N)nc32)[C@@H](O)C1O. The molecule has 1 aliphatic heterocycles. The quantitative estimate of drug-likeness (QED) is 0.216. The molecule has 0 aromatic carbocycles. The van der Waals surface area contributed by atoms with Crippen LogP contribution >= 0.6 is 15.4 Å². The number of fused-ring (bicyclic) bond motifs is 1. The first kappa shape index (κ1) is 21.0. The fraction of sp³-hybridized carbons (Fsp3) is 0.545. The van der Waals surface area contributed by atoms with Gasteiger partial charge in [-0.25, -0.2) is 4.57 Å². The number of nitrogens with one attached hydrogen (secondary N) is 2. The normalized spacial score (nSPS) is 29.6. The summed E-state index contributed by atoms with van der Waals surface area (Å²) in [6.45, 7) is -0.301. The van der Waals surface area contributed by atoms with E-state index in [1.807, 2.05) is 0 Å². The third-order valence-electron chi connectivity index (χ3n) is 3.77. The van der Waals surface area contributed by atoms with Gasteiger partial charge in [0, 0.05) is 6.66 Å². The molecule has 3 unspecified atom stereocenters. The van der Waals surface area contributed by atoms with Gasteiger partial charge < -0.3 is 39.6 Å². The number of H-pyrrole nitrogens is 2. The number of phosphoric ester groups is 1. The van der Waals surface area contributed by atoms with E-state index in [-0.39, 0.29) is 17.1 Å². The van der Waals surface area contributed by atoms with Gasteiger partial charge in [-0.05, 0) is 0 Å². The van der Waals surface area contributed by atoms with Gasteiger partial charge in [0.2, 0.25) is 11.7 Å². The first-order chi connectivity index (χ1) is 12.9. The number of aliphatic hydroxyl groups excluding tert-OH is 2. The van der Waals surface area contributed by atoms with Crippen LogP contribution in [0.2, 0.25) is 0 Å². The van der Waals surface area contributed by atoms with Crippen molar-refractivity contribution in [3.63, 3.8) is 0 Å². The Balaban J connectivity index is 1.79. The minimum Gasteiger partial charge on any atom is -0.778 e. The lowest BCUT2D eigenvalue weighted by Crippen LogP contribution is -2.46. The number of rotatable bonds is 6. The van der Waals surface area contributed by atoms with Crippen molar-refractivity contribution in [1.29, 1.82) is 0 Å². The van der Waals surface area contributed by atoms with Crippen LogP contribution in [0.1, 0.15) is 6.23 Å². The van der Waals surface area contributed by atoms with Gasteiger partial charge in [0.15, 0.2) is 6.33 Å². The number of nitrogens with zero attached hydrogens (tertiary/aromatic N) is 2. The summed E-state index contributed by atoms with van der Waals surface area (Å²) in [4.78, 5) is 43.1. The molecule has 0 spiro atoms. The van der Waals surface area contributed by atoms with Crippen molar-refractivity contribution in [2.75, 3.05) is 19.0 Å². The van der Waals surface area contributed by atoms with E-state index < -0.39 is 52.1 Å².